The molecule has 0 saturated heterocycles. The van der Waals surface area contributed by atoms with Gasteiger partial charge in [0.05, 0.1) is 14.2 Å². The first-order valence-electron chi connectivity index (χ1n) is 20.1. The predicted molar refractivity (Wildman–Crippen MR) is 232 cm³/mol. The number of phenolic OH excluding ortho intramolecular Hbond substituents is 1. The largest absolute Gasteiger partial charge is 0.507 e. The minimum Gasteiger partial charge on any atom is -0.507 e. The Morgan fingerprint density at radius 3 is 1.30 bits per heavy atom. The van der Waals surface area contributed by atoms with Crippen LogP contribution in [0.4, 0.5) is 0 Å². The Balaban J connectivity index is 0.000000327. The summed E-state index contributed by atoms with van der Waals surface area (Å²) < 4.78 is 15.9. The van der Waals surface area contributed by atoms with Crippen LogP contribution in [-0.2, 0) is 44.7 Å². The molecule has 0 aliphatic rings. The summed E-state index contributed by atoms with van der Waals surface area (Å²) in [6, 6.07) is 26.3. The first-order valence-corrected chi connectivity index (χ1v) is 21.0. The number of alkyl halides is 1. The average Bonchev–Trinajstić information content (AvgIpc) is 3.24. The number of halogens is 1. The normalized spacial score (nSPS) is 11.5. The highest BCUT2D eigenvalue weighted by atomic mass is 79.9. The Bertz CT molecular complexity index is 1800. The number of Topliss-reactive ketones (excluding diaryl/α,β-unsaturated/α-hetero) is 2. The van der Waals surface area contributed by atoms with Gasteiger partial charge in [-0.1, -0.05) is 144 Å². The number of benzene rings is 4. The van der Waals surface area contributed by atoms with Gasteiger partial charge in [0.1, 0.15) is 16.3 Å². The van der Waals surface area contributed by atoms with Crippen molar-refractivity contribution >= 4 is 39.4 Å². The van der Waals surface area contributed by atoms with Crippen molar-refractivity contribution in [1.29, 1.82) is 0 Å². The third kappa shape index (κ3) is 14.9. The summed E-state index contributed by atoms with van der Waals surface area (Å²) in [5, 5.41) is 10.1. The molecule has 0 radical (unpaired) electrons. The summed E-state index contributed by atoms with van der Waals surface area (Å²) in [6.45, 7) is 12.1. The van der Waals surface area contributed by atoms with E-state index in [2.05, 4.69) is 48.4 Å². The van der Waals surface area contributed by atoms with E-state index in [0.29, 0.717) is 24.3 Å². The van der Waals surface area contributed by atoms with Gasteiger partial charge in [0.15, 0.2) is 11.6 Å². The molecule has 0 aliphatic heterocycles. The van der Waals surface area contributed by atoms with Gasteiger partial charge in [-0.05, 0) is 77.8 Å². The summed E-state index contributed by atoms with van der Waals surface area (Å²) in [7, 11) is 2.74. The molecule has 0 fully saturated rings. The molecule has 57 heavy (non-hydrogen) atoms. The molecule has 1 N–H and O–H groups in total. The number of aryl methyl sites for hydroxylation is 4. The highest BCUT2D eigenvalue weighted by Crippen LogP contribution is 2.34. The maximum Gasteiger partial charge on any atom is 0.351 e. The van der Waals surface area contributed by atoms with E-state index in [9.17, 15) is 24.3 Å². The summed E-state index contributed by atoms with van der Waals surface area (Å²) >= 11 is 3.24. The summed E-state index contributed by atoms with van der Waals surface area (Å²) in [5.41, 5.74) is 6.88. The molecular formula is C48H61BrO8. The fourth-order valence-electron chi connectivity index (χ4n) is 6.19. The lowest BCUT2D eigenvalue weighted by atomic mass is 9.95. The standard InChI is InChI=1S/C24H30O4.C15H22O2.C9H9BrO2/c1-5-11-18-15-20(21(25)7-3)16-19(12-6-2)22(18)28-23(24(26)27-4)17-13-9-8-10-14-17;1-4-7-11-9-13(14(16)6-3)10-12(8-5-2)15(11)17;1-12-9(11)8(10)7-5-3-2-4-6-7/h8-10,13-16,23H,5-7,11-12H2,1-4H3;9-10,17H,4-8H2,1-3H3;2-6,8H,1H3. The minimum atomic E-state index is -0.842. The van der Waals surface area contributed by atoms with Crippen LogP contribution in [0.3, 0.4) is 0 Å². The number of ether oxygens (including phenoxy) is 3. The van der Waals surface area contributed by atoms with Crippen LogP contribution in [0.5, 0.6) is 11.5 Å². The SMILES string of the molecule is CCCc1cc(C(=O)CC)cc(CCC)c1O.CCCc1cc(C(=O)CC)cc(CCC)c1OC(C(=O)OC)c1ccccc1.COC(=O)C(Br)c1ccccc1. The van der Waals surface area contributed by atoms with Gasteiger partial charge in [0.2, 0.25) is 6.10 Å². The molecule has 0 aliphatic carbocycles. The van der Waals surface area contributed by atoms with Crippen molar-refractivity contribution in [1.82, 2.24) is 0 Å². The number of hydrogen-bond donors (Lipinski definition) is 1. The fraction of sp³-hybridized carbons (Fsp3) is 0.417. The maximum atomic E-state index is 12.5. The second kappa shape index (κ2) is 26.2. The van der Waals surface area contributed by atoms with Gasteiger partial charge in [-0.25, -0.2) is 4.79 Å². The average molecular weight is 846 g/mol. The van der Waals surface area contributed by atoms with Gasteiger partial charge >= 0.3 is 11.9 Å². The van der Waals surface area contributed by atoms with E-state index in [1.54, 1.807) is 0 Å². The van der Waals surface area contributed by atoms with Crippen LogP contribution in [0.15, 0.2) is 84.9 Å². The van der Waals surface area contributed by atoms with Crippen LogP contribution in [-0.4, -0.2) is 42.8 Å². The Morgan fingerprint density at radius 1 is 0.561 bits per heavy atom. The van der Waals surface area contributed by atoms with Gasteiger partial charge in [0, 0.05) is 29.5 Å². The minimum absolute atomic E-state index is 0.119. The molecular weight excluding hydrogens is 784 g/mol. The van der Waals surface area contributed by atoms with E-state index in [1.165, 1.54) is 14.2 Å². The molecule has 9 heteroatoms. The Labute approximate surface area is 348 Å². The van der Waals surface area contributed by atoms with E-state index in [-0.39, 0.29) is 22.4 Å². The molecule has 0 bridgehead atoms. The van der Waals surface area contributed by atoms with E-state index >= 15 is 0 Å². The summed E-state index contributed by atoms with van der Waals surface area (Å²) in [4.78, 5) is 47.2. The number of carbonyl (C=O) groups is 4. The number of esters is 2. The quantitative estimate of drug-likeness (QED) is 0.0598. The Kier molecular flexibility index (Phi) is 22.3. The highest BCUT2D eigenvalue weighted by molar-refractivity contribution is 9.09. The lowest BCUT2D eigenvalue weighted by Gasteiger charge is -2.23. The zero-order valence-electron chi connectivity index (χ0n) is 35.0. The molecule has 4 aromatic carbocycles. The maximum absolute atomic E-state index is 12.5. The van der Waals surface area contributed by atoms with Crippen LogP contribution >= 0.6 is 15.9 Å². The van der Waals surface area contributed by atoms with Crippen molar-refractivity contribution in [3.63, 3.8) is 0 Å². The molecule has 4 rings (SSSR count). The molecule has 0 aromatic heterocycles. The first kappa shape index (κ1) is 48.4. The first-order chi connectivity index (χ1) is 27.4. The van der Waals surface area contributed by atoms with E-state index in [4.69, 9.17) is 9.47 Å². The van der Waals surface area contributed by atoms with Crippen LogP contribution in [0.1, 0.15) is 145 Å². The molecule has 308 valence electrons. The third-order valence-corrected chi connectivity index (χ3v) is 10.0. The van der Waals surface area contributed by atoms with Crippen molar-refractivity contribution in [3.8, 4) is 11.5 Å². The van der Waals surface area contributed by atoms with Crippen molar-refractivity contribution in [2.24, 2.45) is 0 Å². The molecule has 4 aromatic rings. The van der Waals surface area contributed by atoms with E-state index in [0.717, 1.165) is 95.9 Å². The Hall–Kier alpha value is -4.76. The summed E-state index contributed by atoms with van der Waals surface area (Å²) in [6.07, 6.45) is 7.13. The molecule has 8 nitrogen and oxygen atoms in total. The zero-order valence-corrected chi connectivity index (χ0v) is 36.6. The number of rotatable bonds is 18. The molecule has 0 spiro atoms. The van der Waals surface area contributed by atoms with Gasteiger partial charge in [0.25, 0.3) is 0 Å². The van der Waals surface area contributed by atoms with Crippen molar-refractivity contribution in [2.75, 3.05) is 14.2 Å². The van der Waals surface area contributed by atoms with Crippen LogP contribution in [0.25, 0.3) is 0 Å². The fourth-order valence-corrected chi connectivity index (χ4v) is 6.68. The van der Waals surface area contributed by atoms with Crippen molar-refractivity contribution < 1.29 is 38.5 Å². The smallest absolute Gasteiger partial charge is 0.351 e. The second-order valence-electron chi connectivity index (χ2n) is 13.5. The number of methoxy groups -OCH3 is 2. The van der Waals surface area contributed by atoms with E-state index < -0.39 is 12.1 Å². The van der Waals surface area contributed by atoms with Crippen LogP contribution in [0, 0.1) is 0 Å². The topological polar surface area (TPSA) is 116 Å². The van der Waals surface area contributed by atoms with E-state index in [1.807, 2.05) is 98.8 Å². The highest BCUT2D eigenvalue weighted by Gasteiger charge is 2.26. The van der Waals surface area contributed by atoms with Gasteiger partial charge in [-0.15, -0.1) is 0 Å². The molecule has 0 heterocycles. The van der Waals surface area contributed by atoms with Gasteiger partial charge in [-0.3, -0.25) is 14.4 Å². The number of aromatic hydroxyl groups is 1. The number of carbonyl (C=O) groups excluding carboxylic acids is 4. The molecule has 0 saturated carbocycles. The van der Waals surface area contributed by atoms with Crippen LogP contribution < -0.4 is 4.74 Å². The monoisotopic (exact) mass is 844 g/mol. The lowest BCUT2D eigenvalue weighted by molar-refractivity contribution is -0.149. The zero-order chi connectivity index (χ0) is 42.3. The Morgan fingerprint density at radius 2 is 0.930 bits per heavy atom. The lowest BCUT2D eigenvalue weighted by Crippen LogP contribution is -2.21. The molecule has 0 amide bonds. The van der Waals surface area contributed by atoms with Crippen LogP contribution in [0.2, 0.25) is 0 Å². The number of hydrogen-bond acceptors (Lipinski definition) is 8. The third-order valence-electron chi connectivity index (χ3n) is 9.13. The number of ketones is 2. The molecule has 2 atom stereocenters. The van der Waals surface area contributed by atoms with Gasteiger partial charge < -0.3 is 19.3 Å². The summed E-state index contributed by atoms with van der Waals surface area (Å²) in [5.74, 6) is 0.650. The number of phenols is 1. The second-order valence-corrected chi connectivity index (χ2v) is 14.5. The van der Waals surface area contributed by atoms with Crippen molar-refractivity contribution in [3.05, 3.63) is 129 Å². The molecule has 2 unspecified atom stereocenters. The van der Waals surface area contributed by atoms with Gasteiger partial charge in [-0.2, -0.15) is 0 Å². The van der Waals surface area contributed by atoms with Crippen molar-refractivity contribution in [2.45, 2.75) is 117 Å². The predicted octanol–water partition coefficient (Wildman–Crippen LogP) is 11.7.